The Balaban J connectivity index is 2.13. The zero-order chi connectivity index (χ0) is 12.8. The molecule has 2 aliphatic carbocycles. The van der Waals surface area contributed by atoms with Crippen molar-refractivity contribution in [2.24, 2.45) is 5.92 Å². The number of carbonyl (C=O) groups excluding carboxylic acids is 1. The topological polar surface area (TPSA) is 17.1 Å². The standard InChI is InChI=1S/C18H16O/c19-17-7-3-6-12-8-9-15-10-13-4-1-2-5-14(13)11-16(15)18(12)17/h1-2,4-5,9-12H,3,6-8H2. The molecular formula is C18H16O. The van der Waals surface area contributed by atoms with Gasteiger partial charge in [-0.05, 0) is 58.5 Å². The Morgan fingerprint density at radius 2 is 1.84 bits per heavy atom. The van der Waals surface area contributed by atoms with Crippen LogP contribution in [0.25, 0.3) is 22.4 Å². The first-order chi connectivity index (χ1) is 9.33. The summed E-state index contributed by atoms with van der Waals surface area (Å²) in [6.07, 6.45) is 6.31. The normalized spacial score (nSPS) is 21.8. The summed E-state index contributed by atoms with van der Waals surface area (Å²) in [4.78, 5) is 12.3. The second kappa shape index (κ2) is 4.06. The third-order valence-corrected chi connectivity index (χ3v) is 4.50. The van der Waals surface area contributed by atoms with Gasteiger partial charge in [0, 0.05) is 12.0 Å². The van der Waals surface area contributed by atoms with Gasteiger partial charge in [-0.15, -0.1) is 0 Å². The van der Waals surface area contributed by atoms with Gasteiger partial charge in [0.05, 0.1) is 0 Å². The van der Waals surface area contributed by atoms with Crippen molar-refractivity contribution in [2.45, 2.75) is 25.7 Å². The van der Waals surface area contributed by atoms with E-state index in [-0.39, 0.29) is 0 Å². The molecule has 0 aliphatic heterocycles. The van der Waals surface area contributed by atoms with Gasteiger partial charge in [0.1, 0.15) is 0 Å². The molecule has 4 rings (SSSR count). The fourth-order valence-corrected chi connectivity index (χ4v) is 3.55. The van der Waals surface area contributed by atoms with Crippen LogP contribution in [0.2, 0.25) is 0 Å². The second-order valence-corrected chi connectivity index (χ2v) is 5.65. The van der Waals surface area contributed by atoms with Crippen LogP contribution in [0.5, 0.6) is 0 Å². The highest BCUT2D eigenvalue weighted by atomic mass is 16.1. The maximum atomic E-state index is 12.3. The maximum Gasteiger partial charge on any atom is 0.159 e. The molecule has 19 heavy (non-hydrogen) atoms. The molecule has 1 heteroatoms. The monoisotopic (exact) mass is 248 g/mol. The molecule has 0 N–H and O–H groups in total. The number of Topliss-reactive ketones (excluding diaryl/α,β-unsaturated/α-hetero) is 1. The average Bonchev–Trinajstić information content (AvgIpc) is 2.45. The van der Waals surface area contributed by atoms with Crippen LogP contribution < -0.4 is 10.4 Å². The van der Waals surface area contributed by atoms with Crippen LogP contribution in [0.1, 0.15) is 25.7 Å². The lowest BCUT2D eigenvalue weighted by Crippen LogP contribution is -2.37. The summed E-state index contributed by atoms with van der Waals surface area (Å²) < 4.78 is 0. The van der Waals surface area contributed by atoms with Crippen LogP contribution in [-0.4, -0.2) is 5.78 Å². The first-order valence-electron chi connectivity index (χ1n) is 7.09. The van der Waals surface area contributed by atoms with Crippen molar-refractivity contribution < 1.29 is 4.79 Å². The van der Waals surface area contributed by atoms with Gasteiger partial charge in [-0.2, -0.15) is 0 Å². The smallest absolute Gasteiger partial charge is 0.159 e. The fraction of sp³-hybridized carbons (Fsp3) is 0.278. The van der Waals surface area contributed by atoms with E-state index in [1.54, 1.807) is 0 Å². The molecule has 2 aliphatic rings. The van der Waals surface area contributed by atoms with E-state index in [9.17, 15) is 4.79 Å². The van der Waals surface area contributed by atoms with E-state index in [0.717, 1.165) is 24.8 Å². The first-order valence-corrected chi connectivity index (χ1v) is 7.09. The van der Waals surface area contributed by atoms with Crippen molar-refractivity contribution in [3.05, 3.63) is 46.8 Å². The molecule has 0 amide bonds. The van der Waals surface area contributed by atoms with Crippen molar-refractivity contribution in [1.29, 1.82) is 0 Å². The van der Waals surface area contributed by atoms with Crippen molar-refractivity contribution in [2.75, 3.05) is 0 Å². The summed E-state index contributed by atoms with van der Waals surface area (Å²) in [5.41, 5.74) is 1.11. The van der Waals surface area contributed by atoms with Crippen LogP contribution in [-0.2, 0) is 4.79 Å². The summed E-state index contributed by atoms with van der Waals surface area (Å²) in [7, 11) is 0. The van der Waals surface area contributed by atoms with Crippen LogP contribution in [0.15, 0.2) is 36.4 Å². The summed E-state index contributed by atoms with van der Waals surface area (Å²) in [6, 6.07) is 12.9. The third kappa shape index (κ3) is 1.65. The van der Waals surface area contributed by atoms with E-state index >= 15 is 0 Å². The quantitative estimate of drug-likeness (QED) is 0.700. The lowest BCUT2D eigenvalue weighted by molar-refractivity contribution is -0.115. The minimum Gasteiger partial charge on any atom is -0.295 e. The molecule has 0 spiro atoms. The maximum absolute atomic E-state index is 12.3. The van der Waals surface area contributed by atoms with E-state index in [1.807, 2.05) is 0 Å². The van der Waals surface area contributed by atoms with Gasteiger partial charge in [-0.1, -0.05) is 30.3 Å². The molecule has 1 atom stereocenters. The number of benzene rings is 2. The number of hydrogen-bond acceptors (Lipinski definition) is 1. The Kier molecular flexibility index (Phi) is 2.34. The van der Waals surface area contributed by atoms with E-state index in [0.29, 0.717) is 11.7 Å². The van der Waals surface area contributed by atoms with Crippen molar-refractivity contribution in [1.82, 2.24) is 0 Å². The Hall–Kier alpha value is -1.89. The number of ketones is 1. The minimum absolute atomic E-state index is 0.376. The zero-order valence-electron chi connectivity index (χ0n) is 10.9. The van der Waals surface area contributed by atoms with Gasteiger partial charge < -0.3 is 0 Å². The van der Waals surface area contributed by atoms with Gasteiger partial charge in [0.2, 0.25) is 0 Å². The molecule has 0 bridgehead atoms. The highest BCUT2D eigenvalue weighted by Crippen LogP contribution is 2.31. The lowest BCUT2D eigenvalue weighted by Gasteiger charge is -2.26. The zero-order valence-corrected chi connectivity index (χ0v) is 10.9. The molecule has 1 saturated carbocycles. The van der Waals surface area contributed by atoms with E-state index < -0.39 is 0 Å². The predicted octanol–water partition coefficient (Wildman–Crippen LogP) is 2.54. The van der Waals surface area contributed by atoms with Crippen LogP contribution in [0.3, 0.4) is 0 Å². The molecule has 2 aromatic rings. The Morgan fingerprint density at radius 1 is 1.05 bits per heavy atom. The van der Waals surface area contributed by atoms with Crippen molar-refractivity contribution in [3.8, 4) is 0 Å². The van der Waals surface area contributed by atoms with Crippen LogP contribution in [0.4, 0.5) is 0 Å². The molecule has 0 aromatic heterocycles. The van der Waals surface area contributed by atoms with E-state index in [1.165, 1.54) is 27.6 Å². The van der Waals surface area contributed by atoms with Crippen LogP contribution in [0, 0.1) is 5.92 Å². The van der Waals surface area contributed by atoms with Crippen molar-refractivity contribution in [3.63, 3.8) is 0 Å². The van der Waals surface area contributed by atoms with Gasteiger partial charge in [0.15, 0.2) is 5.78 Å². The lowest BCUT2D eigenvalue weighted by atomic mass is 9.77. The van der Waals surface area contributed by atoms with Gasteiger partial charge in [0.25, 0.3) is 0 Å². The average molecular weight is 248 g/mol. The van der Waals surface area contributed by atoms with E-state index in [2.05, 4.69) is 42.5 Å². The van der Waals surface area contributed by atoms with Crippen LogP contribution >= 0.6 is 0 Å². The minimum atomic E-state index is 0.376. The van der Waals surface area contributed by atoms with Gasteiger partial charge in [-0.25, -0.2) is 0 Å². The second-order valence-electron chi connectivity index (χ2n) is 5.65. The van der Waals surface area contributed by atoms with Crippen molar-refractivity contribution >= 4 is 28.2 Å². The number of fused-ring (bicyclic) bond motifs is 3. The number of carbonyl (C=O) groups is 1. The van der Waals surface area contributed by atoms with E-state index in [4.69, 9.17) is 0 Å². The molecule has 1 unspecified atom stereocenters. The highest BCUT2D eigenvalue weighted by Gasteiger charge is 2.27. The summed E-state index contributed by atoms with van der Waals surface area (Å²) in [6.45, 7) is 0. The SMILES string of the molecule is O=C1CCCC2CC=c3cc4ccccc4cc3=C12. The number of rotatable bonds is 0. The number of hydrogen-bond donors (Lipinski definition) is 0. The third-order valence-electron chi connectivity index (χ3n) is 4.50. The molecule has 1 fully saturated rings. The molecule has 94 valence electrons. The summed E-state index contributed by atoms with van der Waals surface area (Å²) in [5.74, 6) is 0.843. The molecule has 0 radical (unpaired) electrons. The predicted molar refractivity (Wildman–Crippen MR) is 78.0 cm³/mol. The molecule has 0 heterocycles. The summed E-state index contributed by atoms with van der Waals surface area (Å²) >= 11 is 0. The Morgan fingerprint density at radius 3 is 2.68 bits per heavy atom. The molecule has 2 aromatic carbocycles. The van der Waals surface area contributed by atoms with Gasteiger partial charge in [-0.3, -0.25) is 4.79 Å². The molecule has 0 saturated heterocycles. The summed E-state index contributed by atoms with van der Waals surface area (Å²) in [5, 5.41) is 4.95. The fourth-order valence-electron chi connectivity index (χ4n) is 3.55. The largest absolute Gasteiger partial charge is 0.295 e. The molecular weight excluding hydrogens is 232 g/mol. The highest BCUT2D eigenvalue weighted by molar-refractivity contribution is 6.16. The molecule has 1 nitrogen and oxygen atoms in total. The Bertz CT molecular complexity index is 798. The van der Waals surface area contributed by atoms with Gasteiger partial charge >= 0.3 is 0 Å². The Labute approximate surface area is 112 Å². The first kappa shape index (κ1) is 11.0.